The normalized spacial score (nSPS) is 12.6. The number of fused-ring (bicyclic) bond motifs is 4. The molecule has 0 radical (unpaired) electrons. The van der Waals surface area contributed by atoms with Gasteiger partial charge in [-0.05, 0) is 83.2 Å². The zero-order valence-corrected chi connectivity index (χ0v) is 36.3. The Hall–Kier alpha value is -4.95. The maximum atomic E-state index is 11.0. The smallest absolute Gasteiger partial charge is 0.323 e. The van der Waals surface area contributed by atoms with Crippen molar-refractivity contribution in [1.29, 1.82) is 0 Å². The molecule has 3 aliphatic heterocycles. The quantitative estimate of drug-likeness (QED) is 0.108. The van der Waals surface area contributed by atoms with Crippen LogP contribution in [0, 0.1) is 23.7 Å². The fourth-order valence-corrected chi connectivity index (χ4v) is 4.73. The zero-order valence-electron chi connectivity index (χ0n) is 36.3. The molecule has 0 saturated heterocycles. The van der Waals surface area contributed by atoms with E-state index < -0.39 is 0 Å². The fraction of sp³-hybridized carbons (Fsp3) is 0.438. The lowest BCUT2D eigenvalue weighted by Crippen LogP contribution is -2.23. The first-order chi connectivity index (χ1) is 26.5. The number of aromatic amines is 2. The largest absolute Gasteiger partial charge is 0.348 e. The zero-order chi connectivity index (χ0) is 42.0. The number of imidazole rings is 1. The molecule has 1 aromatic heterocycles. The van der Waals surface area contributed by atoms with E-state index in [1.807, 2.05) is 72.8 Å². The molecule has 4 aromatic carbocycles. The molecule has 0 saturated carbocycles. The number of para-hydroxylation sites is 3. The van der Waals surface area contributed by atoms with Gasteiger partial charge in [-0.3, -0.25) is 9.59 Å². The van der Waals surface area contributed by atoms with Crippen molar-refractivity contribution in [3.05, 3.63) is 135 Å². The van der Waals surface area contributed by atoms with Crippen LogP contribution < -0.4 is 21.6 Å². The van der Waals surface area contributed by atoms with E-state index in [1.54, 1.807) is 0 Å². The first-order valence-corrected chi connectivity index (χ1v) is 20.2. The summed E-state index contributed by atoms with van der Waals surface area (Å²) in [5.41, 5.74) is 8.53. The number of benzene rings is 4. The van der Waals surface area contributed by atoms with Gasteiger partial charge in [0.05, 0.1) is 17.5 Å². The van der Waals surface area contributed by atoms with E-state index in [0.29, 0.717) is 13.0 Å². The average Bonchev–Trinajstić information content (AvgIpc) is 3.83. The number of carbonyl (C=O) groups excluding carboxylic acids is 2. The van der Waals surface area contributed by atoms with Crippen LogP contribution in [-0.2, 0) is 30.7 Å². The van der Waals surface area contributed by atoms with Gasteiger partial charge in [0.25, 0.3) is 5.91 Å². The Morgan fingerprint density at radius 1 is 0.482 bits per heavy atom. The maximum absolute atomic E-state index is 11.0. The molecular formula is C48H71N5O3. The summed E-state index contributed by atoms with van der Waals surface area (Å²) in [5.74, 6) is 3.48. The van der Waals surface area contributed by atoms with Crippen LogP contribution >= 0.6 is 0 Å². The first kappa shape index (κ1) is 49.1. The van der Waals surface area contributed by atoms with Crippen LogP contribution in [0.5, 0.6) is 0 Å². The van der Waals surface area contributed by atoms with E-state index in [0.717, 1.165) is 70.2 Å². The predicted molar refractivity (Wildman–Crippen MR) is 239 cm³/mol. The number of anilines is 1. The van der Waals surface area contributed by atoms with Crippen molar-refractivity contribution in [2.45, 2.75) is 109 Å². The number of carbonyl (C=O) groups is 2. The van der Waals surface area contributed by atoms with Gasteiger partial charge in [0.1, 0.15) is 0 Å². The molecule has 5 aromatic rings. The summed E-state index contributed by atoms with van der Waals surface area (Å²) in [6.07, 6.45) is 1.73. The van der Waals surface area contributed by atoms with E-state index in [-0.39, 0.29) is 17.5 Å². The summed E-state index contributed by atoms with van der Waals surface area (Å²) in [7, 11) is 0. The molecule has 306 valence electrons. The standard InChI is InChI=1S/C9H11N.2C8H7NO.C7H6N2O.4C4H10/c1-2-4-9-7-10-6-5-8(9)3-1;10-8-7-4-2-1-3-6(7)5-9-8;10-8-5-6-3-1-2-4-7(6)9-8;10-7-8-5-3-1-2-4-6(5)9-7;4*1-4(2)3/h1-4,10H,5-7H2;2*1-4H,5H2,(H,9,10);1-4H,(H2,8,9,10);4*4H,1-3H3. The third-order valence-electron chi connectivity index (χ3n) is 6.77. The Morgan fingerprint density at radius 2 is 0.911 bits per heavy atom. The van der Waals surface area contributed by atoms with Crippen LogP contribution in [0.2, 0.25) is 0 Å². The topological polar surface area (TPSA) is 119 Å². The molecule has 8 heteroatoms. The summed E-state index contributed by atoms with van der Waals surface area (Å²) < 4.78 is 0. The average molecular weight is 766 g/mol. The SMILES string of the molecule is CC(C)C.CC(C)C.CC(C)C.CC(C)C.O=C1Cc2ccccc2N1.O=C1NCc2ccccc21.O=c1[nH]c2ccccc2[nH]1.c1ccc2c(c1)CCNC2. The maximum Gasteiger partial charge on any atom is 0.323 e. The molecule has 0 unspecified atom stereocenters. The third-order valence-corrected chi connectivity index (χ3v) is 6.77. The third kappa shape index (κ3) is 22.4. The summed E-state index contributed by atoms with van der Waals surface area (Å²) in [5, 5.41) is 8.85. The van der Waals surface area contributed by atoms with Crippen molar-refractivity contribution >= 4 is 28.5 Å². The van der Waals surface area contributed by atoms with Crippen LogP contribution in [0.1, 0.15) is 116 Å². The van der Waals surface area contributed by atoms with Gasteiger partial charge in [-0.2, -0.15) is 0 Å². The van der Waals surface area contributed by atoms with Gasteiger partial charge in [0, 0.05) is 24.3 Å². The van der Waals surface area contributed by atoms with Crippen LogP contribution in [0.15, 0.2) is 102 Å². The number of hydrogen-bond acceptors (Lipinski definition) is 4. The molecule has 3 aliphatic rings. The lowest BCUT2D eigenvalue weighted by molar-refractivity contribution is -0.115. The molecule has 0 atom stereocenters. The van der Waals surface area contributed by atoms with Gasteiger partial charge in [0.15, 0.2) is 0 Å². The van der Waals surface area contributed by atoms with Crippen molar-refractivity contribution in [2.75, 3.05) is 11.9 Å². The molecule has 5 N–H and O–H groups in total. The summed E-state index contributed by atoms with van der Waals surface area (Å²) in [6, 6.07) is 31.5. The van der Waals surface area contributed by atoms with E-state index in [1.165, 1.54) is 17.5 Å². The van der Waals surface area contributed by atoms with E-state index in [4.69, 9.17) is 0 Å². The lowest BCUT2D eigenvalue weighted by Gasteiger charge is -2.15. The van der Waals surface area contributed by atoms with Crippen molar-refractivity contribution in [1.82, 2.24) is 20.6 Å². The highest BCUT2D eigenvalue weighted by atomic mass is 16.2. The highest BCUT2D eigenvalue weighted by Gasteiger charge is 2.16. The molecule has 4 heterocycles. The highest BCUT2D eigenvalue weighted by molar-refractivity contribution is 5.99. The van der Waals surface area contributed by atoms with Crippen molar-refractivity contribution in [3.8, 4) is 0 Å². The summed E-state index contributed by atoms with van der Waals surface area (Å²) in [6.45, 7) is 28.9. The molecule has 2 amide bonds. The molecule has 0 bridgehead atoms. The second-order valence-corrected chi connectivity index (χ2v) is 16.5. The number of rotatable bonds is 0. The Kier molecular flexibility index (Phi) is 24.2. The number of amides is 2. The first-order valence-electron chi connectivity index (χ1n) is 20.2. The van der Waals surface area contributed by atoms with Gasteiger partial charge >= 0.3 is 5.69 Å². The lowest BCUT2D eigenvalue weighted by atomic mass is 10.0. The van der Waals surface area contributed by atoms with Crippen LogP contribution in [-0.4, -0.2) is 28.3 Å². The fourth-order valence-electron chi connectivity index (χ4n) is 4.73. The van der Waals surface area contributed by atoms with Crippen molar-refractivity contribution in [2.24, 2.45) is 23.7 Å². The van der Waals surface area contributed by atoms with E-state index in [9.17, 15) is 14.4 Å². The number of aromatic nitrogens is 2. The van der Waals surface area contributed by atoms with Crippen molar-refractivity contribution in [3.63, 3.8) is 0 Å². The van der Waals surface area contributed by atoms with Gasteiger partial charge in [-0.25, -0.2) is 4.79 Å². The second-order valence-electron chi connectivity index (χ2n) is 16.5. The number of hydrogen-bond donors (Lipinski definition) is 5. The second kappa shape index (κ2) is 27.6. The minimum atomic E-state index is -0.152. The Morgan fingerprint density at radius 3 is 1.39 bits per heavy atom. The molecule has 8 nitrogen and oxygen atoms in total. The molecule has 0 aliphatic carbocycles. The monoisotopic (exact) mass is 766 g/mol. The Balaban J connectivity index is 0.000000332. The Labute approximate surface area is 337 Å². The number of nitrogens with one attached hydrogen (secondary N) is 5. The minimum absolute atomic E-state index is 0.0515. The van der Waals surface area contributed by atoms with Gasteiger partial charge in [0.2, 0.25) is 5.91 Å². The van der Waals surface area contributed by atoms with Crippen LogP contribution in [0.3, 0.4) is 0 Å². The molecule has 8 rings (SSSR count). The van der Waals surface area contributed by atoms with Crippen molar-refractivity contribution < 1.29 is 9.59 Å². The molecule has 0 spiro atoms. The Bertz CT molecular complexity index is 1760. The summed E-state index contributed by atoms with van der Waals surface area (Å²) in [4.78, 5) is 37.7. The van der Waals surface area contributed by atoms with Crippen LogP contribution in [0.4, 0.5) is 5.69 Å². The van der Waals surface area contributed by atoms with Crippen LogP contribution in [0.25, 0.3) is 11.0 Å². The predicted octanol–water partition coefficient (Wildman–Crippen LogP) is 10.9. The molecule has 0 fully saturated rings. The van der Waals surface area contributed by atoms with Gasteiger partial charge in [-0.1, -0.05) is 156 Å². The van der Waals surface area contributed by atoms with E-state index >= 15 is 0 Å². The van der Waals surface area contributed by atoms with E-state index in [2.05, 4.69) is 133 Å². The molecular weight excluding hydrogens is 695 g/mol. The number of H-pyrrole nitrogens is 2. The van der Waals surface area contributed by atoms with Gasteiger partial charge < -0.3 is 25.9 Å². The molecule has 56 heavy (non-hydrogen) atoms. The highest BCUT2D eigenvalue weighted by Crippen LogP contribution is 2.21. The minimum Gasteiger partial charge on any atom is -0.348 e. The summed E-state index contributed by atoms with van der Waals surface area (Å²) >= 11 is 0. The van der Waals surface area contributed by atoms with Gasteiger partial charge in [-0.15, -0.1) is 0 Å².